The molecule has 2 N–H and O–H groups in total. The average Bonchev–Trinajstić information content (AvgIpc) is 2.81. The van der Waals surface area contributed by atoms with Gasteiger partial charge in [-0.15, -0.1) is 11.3 Å². The summed E-state index contributed by atoms with van der Waals surface area (Å²) in [4.78, 5) is 24.1. The van der Waals surface area contributed by atoms with Crippen LogP contribution in [0.5, 0.6) is 0 Å². The molecule has 0 aliphatic rings. The lowest BCUT2D eigenvalue weighted by Gasteiger charge is -2.23. The van der Waals surface area contributed by atoms with E-state index >= 15 is 0 Å². The van der Waals surface area contributed by atoms with E-state index in [9.17, 15) is 9.59 Å². The van der Waals surface area contributed by atoms with Crippen molar-refractivity contribution in [1.29, 1.82) is 0 Å². The summed E-state index contributed by atoms with van der Waals surface area (Å²) in [7, 11) is 0. The molecule has 1 atom stereocenters. The molecule has 1 unspecified atom stereocenters. The van der Waals surface area contributed by atoms with Crippen LogP contribution in [-0.2, 0) is 9.59 Å². The van der Waals surface area contributed by atoms with Gasteiger partial charge in [0.2, 0.25) is 5.91 Å². The summed E-state index contributed by atoms with van der Waals surface area (Å²) in [6.45, 7) is 4.87. The minimum Gasteiger partial charge on any atom is -0.480 e. The van der Waals surface area contributed by atoms with Gasteiger partial charge in [-0.3, -0.25) is 9.59 Å². The Morgan fingerprint density at radius 3 is 2.61 bits per heavy atom. The van der Waals surface area contributed by atoms with Crippen LogP contribution in [0, 0.1) is 5.41 Å². The summed E-state index contributed by atoms with van der Waals surface area (Å²) in [6.07, 6.45) is 1.73. The number of hydrogen-bond acceptors (Lipinski definition) is 3. The predicted molar refractivity (Wildman–Crippen MR) is 71.5 cm³/mol. The first-order valence-corrected chi connectivity index (χ1v) is 6.85. The van der Waals surface area contributed by atoms with Crippen LogP contribution in [0.1, 0.15) is 44.5 Å². The monoisotopic (exact) mass is 269 g/mol. The van der Waals surface area contributed by atoms with Gasteiger partial charge in [0.05, 0.1) is 6.04 Å². The van der Waals surface area contributed by atoms with Gasteiger partial charge in [0, 0.05) is 4.88 Å². The zero-order chi connectivity index (χ0) is 13.8. The zero-order valence-corrected chi connectivity index (χ0v) is 11.7. The molecule has 0 aliphatic heterocycles. The highest BCUT2D eigenvalue weighted by atomic mass is 32.1. The fraction of sp³-hybridized carbons (Fsp3) is 0.538. The molecule has 5 heteroatoms. The van der Waals surface area contributed by atoms with E-state index < -0.39 is 17.3 Å². The lowest BCUT2D eigenvalue weighted by atomic mass is 9.92. The van der Waals surface area contributed by atoms with E-state index in [1.54, 1.807) is 11.3 Å². The van der Waals surface area contributed by atoms with E-state index in [1.807, 2.05) is 24.4 Å². The molecule has 1 amide bonds. The molecule has 0 aromatic carbocycles. The van der Waals surface area contributed by atoms with E-state index in [0.717, 1.165) is 17.7 Å². The number of aliphatic carboxylic acids is 1. The van der Waals surface area contributed by atoms with Crippen LogP contribution < -0.4 is 5.32 Å². The highest BCUT2D eigenvalue weighted by molar-refractivity contribution is 7.10. The Hall–Kier alpha value is -1.36. The van der Waals surface area contributed by atoms with Gasteiger partial charge in [-0.05, 0) is 31.7 Å². The van der Waals surface area contributed by atoms with Gasteiger partial charge in [-0.25, -0.2) is 0 Å². The Bertz CT molecular complexity index is 412. The fourth-order valence-corrected chi connectivity index (χ4v) is 2.31. The normalized spacial score (nSPS) is 13.1. The molecule has 0 saturated carbocycles. The number of thiophene rings is 1. The van der Waals surface area contributed by atoms with Gasteiger partial charge in [0.25, 0.3) is 0 Å². The number of carbonyl (C=O) groups is 2. The first kappa shape index (κ1) is 14.7. The van der Waals surface area contributed by atoms with E-state index in [0.29, 0.717) is 0 Å². The predicted octanol–water partition coefficient (Wildman–Crippen LogP) is 2.82. The topological polar surface area (TPSA) is 66.4 Å². The van der Waals surface area contributed by atoms with E-state index in [1.165, 1.54) is 13.8 Å². The maximum atomic E-state index is 12.0. The number of amides is 1. The molecule has 1 aromatic heterocycles. The number of nitrogens with one attached hydrogen (secondary N) is 1. The molecule has 0 spiro atoms. The van der Waals surface area contributed by atoms with Crippen LogP contribution in [0.4, 0.5) is 0 Å². The van der Waals surface area contributed by atoms with Crippen molar-refractivity contribution in [2.45, 2.75) is 39.7 Å². The number of carbonyl (C=O) groups excluding carboxylic acids is 1. The summed E-state index contributed by atoms with van der Waals surface area (Å²) in [5, 5.41) is 13.8. The molecule has 18 heavy (non-hydrogen) atoms. The Morgan fingerprint density at radius 2 is 2.17 bits per heavy atom. The highest BCUT2D eigenvalue weighted by Gasteiger charge is 2.37. The molecule has 1 heterocycles. The molecule has 0 saturated heterocycles. The third-order valence-corrected chi connectivity index (χ3v) is 3.86. The van der Waals surface area contributed by atoms with Crippen molar-refractivity contribution in [3.05, 3.63) is 22.4 Å². The second-order valence-electron chi connectivity index (χ2n) is 4.76. The van der Waals surface area contributed by atoms with Gasteiger partial charge >= 0.3 is 5.97 Å². The number of carboxylic acids is 1. The average molecular weight is 269 g/mol. The maximum Gasteiger partial charge on any atom is 0.318 e. The van der Waals surface area contributed by atoms with Gasteiger partial charge < -0.3 is 10.4 Å². The first-order valence-electron chi connectivity index (χ1n) is 5.97. The SMILES string of the molecule is CCCC(NC(=O)C(C)(C)C(=O)O)c1cccs1. The van der Waals surface area contributed by atoms with Crippen LogP contribution in [0.2, 0.25) is 0 Å². The van der Waals surface area contributed by atoms with Gasteiger partial charge in [0.1, 0.15) is 5.41 Å². The molecule has 0 radical (unpaired) electrons. The van der Waals surface area contributed by atoms with Crippen LogP contribution in [-0.4, -0.2) is 17.0 Å². The third kappa shape index (κ3) is 3.32. The van der Waals surface area contributed by atoms with Gasteiger partial charge in [0.15, 0.2) is 0 Å². The first-order chi connectivity index (χ1) is 8.39. The standard InChI is InChI=1S/C13H19NO3S/c1-4-6-9(10-7-5-8-18-10)14-11(15)13(2,3)12(16)17/h5,7-9H,4,6H2,1-3H3,(H,14,15)(H,16,17). The van der Waals surface area contributed by atoms with Crippen molar-refractivity contribution in [2.24, 2.45) is 5.41 Å². The Balaban J connectivity index is 2.79. The van der Waals surface area contributed by atoms with Crippen molar-refractivity contribution < 1.29 is 14.7 Å². The summed E-state index contributed by atoms with van der Waals surface area (Å²) in [5.41, 5.74) is -1.40. The van der Waals surface area contributed by atoms with Crippen LogP contribution in [0.25, 0.3) is 0 Å². The third-order valence-electron chi connectivity index (χ3n) is 2.87. The number of carboxylic acid groups (broad SMARTS) is 1. The number of rotatable bonds is 6. The molecule has 0 fully saturated rings. The lowest BCUT2D eigenvalue weighted by molar-refractivity contribution is -0.153. The van der Waals surface area contributed by atoms with Crippen molar-refractivity contribution in [3.63, 3.8) is 0 Å². The quantitative estimate of drug-likeness (QED) is 0.780. The molecular weight excluding hydrogens is 250 g/mol. The van der Waals surface area contributed by atoms with E-state index in [2.05, 4.69) is 5.32 Å². The number of hydrogen-bond donors (Lipinski definition) is 2. The molecule has 0 bridgehead atoms. The summed E-state index contributed by atoms with van der Waals surface area (Å²) < 4.78 is 0. The summed E-state index contributed by atoms with van der Waals surface area (Å²) in [5.74, 6) is -1.55. The van der Waals surface area contributed by atoms with Crippen LogP contribution >= 0.6 is 11.3 Å². The molecule has 1 aromatic rings. The van der Waals surface area contributed by atoms with E-state index in [-0.39, 0.29) is 6.04 Å². The smallest absolute Gasteiger partial charge is 0.318 e. The molecule has 100 valence electrons. The van der Waals surface area contributed by atoms with Crippen molar-refractivity contribution in [2.75, 3.05) is 0 Å². The van der Waals surface area contributed by atoms with Gasteiger partial charge in [-0.2, -0.15) is 0 Å². The Labute approximate surface area is 111 Å². The minimum atomic E-state index is -1.40. The van der Waals surface area contributed by atoms with Gasteiger partial charge in [-0.1, -0.05) is 19.4 Å². The van der Waals surface area contributed by atoms with Crippen LogP contribution in [0.3, 0.4) is 0 Å². The zero-order valence-electron chi connectivity index (χ0n) is 10.9. The molecule has 1 rings (SSSR count). The molecular formula is C13H19NO3S. The second-order valence-corrected chi connectivity index (χ2v) is 5.74. The van der Waals surface area contributed by atoms with Crippen molar-refractivity contribution in [1.82, 2.24) is 5.32 Å². The molecule has 4 nitrogen and oxygen atoms in total. The summed E-state index contributed by atoms with van der Waals surface area (Å²) in [6, 6.07) is 3.79. The minimum absolute atomic E-state index is 0.0962. The largest absolute Gasteiger partial charge is 0.480 e. The van der Waals surface area contributed by atoms with E-state index in [4.69, 9.17) is 5.11 Å². The highest BCUT2D eigenvalue weighted by Crippen LogP contribution is 2.25. The van der Waals surface area contributed by atoms with Crippen molar-refractivity contribution >= 4 is 23.2 Å². The fourth-order valence-electron chi connectivity index (χ4n) is 1.50. The Kier molecular flexibility index (Phi) is 4.90. The maximum absolute atomic E-state index is 12.0. The lowest BCUT2D eigenvalue weighted by Crippen LogP contribution is -2.43. The Morgan fingerprint density at radius 1 is 1.50 bits per heavy atom. The summed E-state index contributed by atoms with van der Waals surface area (Å²) >= 11 is 1.57. The second kappa shape index (κ2) is 6.00. The van der Waals surface area contributed by atoms with Crippen molar-refractivity contribution in [3.8, 4) is 0 Å². The molecule has 0 aliphatic carbocycles. The van der Waals surface area contributed by atoms with Crippen LogP contribution in [0.15, 0.2) is 17.5 Å².